The molecule has 1 spiro atoms. The van der Waals surface area contributed by atoms with Gasteiger partial charge in [0.15, 0.2) is 0 Å². The molecule has 2 amide bonds. The summed E-state index contributed by atoms with van der Waals surface area (Å²) in [5.74, 6) is 1.40. The predicted octanol–water partition coefficient (Wildman–Crippen LogP) is 5.44. The van der Waals surface area contributed by atoms with E-state index in [9.17, 15) is 14.7 Å². The highest BCUT2D eigenvalue weighted by Crippen LogP contribution is 2.52. The molecule has 4 fully saturated rings. The number of benzene rings is 1. The van der Waals surface area contributed by atoms with Crippen LogP contribution in [0, 0.1) is 24.2 Å². The van der Waals surface area contributed by atoms with Crippen LogP contribution in [0.4, 0.5) is 0 Å². The Labute approximate surface area is 217 Å². The Kier molecular flexibility index (Phi) is 7.49. The summed E-state index contributed by atoms with van der Waals surface area (Å²) < 4.78 is 0. The van der Waals surface area contributed by atoms with Gasteiger partial charge in [0.2, 0.25) is 11.8 Å². The van der Waals surface area contributed by atoms with Crippen molar-refractivity contribution >= 4 is 11.8 Å². The molecule has 198 valence electrons. The molecule has 2 heterocycles. The van der Waals surface area contributed by atoms with E-state index in [2.05, 4.69) is 36.9 Å². The van der Waals surface area contributed by atoms with E-state index in [1.165, 1.54) is 43.2 Å². The Morgan fingerprint density at radius 1 is 1.08 bits per heavy atom. The average Bonchev–Trinajstić information content (AvgIpc) is 3.49. The molecule has 0 unspecified atom stereocenters. The summed E-state index contributed by atoms with van der Waals surface area (Å²) in [4.78, 5) is 30.6. The number of piperidine rings is 1. The molecule has 0 radical (unpaired) electrons. The summed E-state index contributed by atoms with van der Waals surface area (Å²) in [7, 11) is 0. The number of aryl methyl sites for hydroxylation is 1. The zero-order valence-corrected chi connectivity index (χ0v) is 22.5. The van der Waals surface area contributed by atoms with E-state index in [0.717, 1.165) is 32.1 Å². The number of carbonyl (C=O) groups excluding carboxylic acids is 2. The molecule has 5 rings (SSSR count). The summed E-state index contributed by atoms with van der Waals surface area (Å²) >= 11 is 0. The summed E-state index contributed by atoms with van der Waals surface area (Å²) in [6, 6.07) is 8.36. The molecule has 1 aromatic rings. The zero-order valence-electron chi connectivity index (χ0n) is 22.5. The monoisotopic (exact) mass is 494 g/mol. The van der Waals surface area contributed by atoms with Crippen molar-refractivity contribution < 1.29 is 14.7 Å². The Morgan fingerprint density at radius 2 is 1.81 bits per heavy atom. The van der Waals surface area contributed by atoms with Crippen LogP contribution in [0.1, 0.15) is 101 Å². The third kappa shape index (κ3) is 4.97. The maximum absolute atomic E-state index is 13.5. The smallest absolute Gasteiger partial charge is 0.225 e. The van der Waals surface area contributed by atoms with E-state index in [1.807, 2.05) is 11.0 Å². The number of rotatable bonds is 6. The van der Waals surface area contributed by atoms with Gasteiger partial charge in [-0.2, -0.15) is 0 Å². The number of nitrogens with zero attached hydrogens (tertiary/aromatic N) is 2. The largest absolute Gasteiger partial charge is 0.387 e. The second-order valence-corrected chi connectivity index (χ2v) is 12.7. The van der Waals surface area contributed by atoms with Gasteiger partial charge in [-0.3, -0.25) is 9.59 Å². The SMILES string of the molecule is Cc1ccccc1[C@@H]1CC(=O)N(C[C@]2(O)CCN(C(=O)[C@H](C)CC3CCCCC3)CC23CCCC3)C1. The Bertz CT molecular complexity index is 949. The first-order valence-corrected chi connectivity index (χ1v) is 14.6. The van der Waals surface area contributed by atoms with E-state index in [0.29, 0.717) is 44.9 Å². The lowest BCUT2D eigenvalue weighted by Gasteiger charge is -2.53. The van der Waals surface area contributed by atoms with E-state index in [-0.39, 0.29) is 29.1 Å². The maximum atomic E-state index is 13.5. The van der Waals surface area contributed by atoms with Crippen LogP contribution in [0.3, 0.4) is 0 Å². The van der Waals surface area contributed by atoms with Crippen molar-refractivity contribution in [1.29, 1.82) is 0 Å². The molecular weight excluding hydrogens is 448 g/mol. The lowest BCUT2D eigenvalue weighted by molar-refractivity contribution is -0.167. The fourth-order valence-electron chi connectivity index (χ4n) is 8.12. The molecule has 36 heavy (non-hydrogen) atoms. The normalized spacial score (nSPS) is 29.8. The molecule has 5 heteroatoms. The van der Waals surface area contributed by atoms with Crippen molar-refractivity contribution in [2.75, 3.05) is 26.2 Å². The summed E-state index contributed by atoms with van der Waals surface area (Å²) in [5, 5.41) is 12.2. The van der Waals surface area contributed by atoms with Crippen molar-refractivity contribution in [2.24, 2.45) is 17.3 Å². The van der Waals surface area contributed by atoms with Gasteiger partial charge < -0.3 is 14.9 Å². The van der Waals surface area contributed by atoms with Crippen LogP contribution in [-0.4, -0.2) is 58.5 Å². The van der Waals surface area contributed by atoms with Crippen molar-refractivity contribution in [3.63, 3.8) is 0 Å². The highest BCUT2D eigenvalue weighted by Gasteiger charge is 2.57. The van der Waals surface area contributed by atoms with Gasteiger partial charge in [0.05, 0.1) is 12.1 Å². The number of likely N-dealkylation sites (tertiary alicyclic amines) is 2. The highest BCUT2D eigenvalue weighted by molar-refractivity contribution is 5.80. The number of hydrogen-bond donors (Lipinski definition) is 1. The highest BCUT2D eigenvalue weighted by atomic mass is 16.3. The summed E-state index contributed by atoms with van der Waals surface area (Å²) in [6.07, 6.45) is 12.7. The zero-order chi connectivity index (χ0) is 25.3. The van der Waals surface area contributed by atoms with E-state index >= 15 is 0 Å². The van der Waals surface area contributed by atoms with Crippen LogP contribution in [0.2, 0.25) is 0 Å². The fourth-order valence-corrected chi connectivity index (χ4v) is 8.12. The third-order valence-corrected chi connectivity index (χ3v) is 10.3. The Morgan fingerprint density at radius 3 is 2.53 bits per heavy atom. The van der Waals surface area contributed by atoms with Gasteiger partial charge in [-0.1, -0.05) is 76.1 Å². The third-order valence-electron chi connectivity index (χ3n) is 10.3. The van der Waals surface area contributed by atoms with Crippen LogP contribution >= 0.6 is 0 Å². The molecular formula is C31H46N2O3. The number of hydrogen-bond acceptors (Lipinski definition) is 3. The number of amides is 2. The van der Waals surface area contributed by atoms with Gasteiger partial charge in [-0.25, -0.2) is 0 Å². The predicted molar refractivity (Wildman–Crippen MR) is 143 cm³/mol. The molecule has 5 nitrogen and oxygen atoms in total. The molecule has 1 N–H and O–H groups in total. The van der Waals surface area contributed by atoms with Crippen molar-refractivity contribution in [2.45, 2.75) is 102 Å². The van der Waals surface area contributed by atoms with E-state index < -0.39 is 5.60 Å². The van der Waals surface area contributed by atoms with Crippen molar-refractivity contribution in [1.82, 2.24) is 9.80 Å². The fraction of sp³-hybridized carbons (Fsp3) is 0.742. The maximum Gasteiger partial charge on any atom is 0.225 e. The molecule has 4 aliphatic rings. The number of carbonyl (C=O) groups is 2. The number of aliphatic hydroxyl groups is 1. The first kappa shape index (κ1) is 25.8. The van der Waals surface area contributed by atoms with Crippen LogP contribution in [0.5, 0.6) is 0 Å². The van der Waals surface area contributed by atoms with E-state index in [1.54, 1.807) is 0 Å². The molecule has 2 saturated heterocycles. The van der Waals surface area contributed by atoms with Gasteiger partial charge in [-0.05, 0) is 49.7 Å². The van der Waals surface area contributed by atoms with Crippen LogP contribution < -0.4 is 0 Å². The number of β-amino-alcohol motifs (C(OH)–C–C–N with tert-alkyl or cyclic N) is 1. The summed E-state index contributed by atoms with van der Waals surface area (Å²) in [6.45, 7) is 6.59. The first-order valence-electron chi connectivity index (χ1n) is 14.6. The van der Waals surface area contributed by atoms with Crippen LogP contribution in [0.25, 0.3) is 0 Å². The minimum atomic E-state index is -0.914. The molecule has 1 aromatic carbocycles. The first-order chi connectivity index (χ1) is 17.3. The van der Waals surface area contributed by atoms with Crippen molar-refractivity contribution in [3.8, 4) is 0 Å². The molecule has 2 aliphatic heterocycles. The Hall–Kier alpha value is -1.88. The van der Waals surface area contributed by atoms with Gasteiger partial charge in [0, 0.05) is 43.3 Å². The topological polar surface area (TPSA) is 60.9 Å². The quantitative estimate of drug-likeness (QED) is 0.573. The molecule has 0 bridgehead atoms. The minimum Gasteiger partial charge on any atom is -0.387 e. The van der Waals surface area contributed by atoms with Crippen LogP contribution in [0.15, 0.2) is 24.3 Å². The second kappa shape index (κ2) is 10.5. The average molecular weight is 495 g/mol. The standard InChI is InChI=1S/C31H46N2O3/c1-23-10-6-7-13-27(23)26-19-28(34)33(20-26)22-31(36)16-17-32(21-30(31)14-8-9-15-30)29(35)24(2)18-25-11-4-3-5-12-25/h6-7,10,13,24-26,36H,3-5,8-9,11-12,14-22H2,1-2H3/t24-,26-,31-/m1/s1. The lowest BCUT2D eigenvalue weighted by Crippen LogP contribution is -2.64. The van der Waals surface area contributed by atoms with Gasteiger partial charge in [0.25, 0.3) is 0 Å². The molecule has 2 saturated carbocycles. The van der Waals surface area contributed by atoms with E-state index in [4.69, 9.17) is 0 Å². The molecule has 0 aromatic heterocycles. The second-order valence-electron chi connectivity index (χ2n) is 12.7. The summed E-state index contributed by atoms with van der Waals surface area (Å²) in [5.41, 5.74) is 1.29. The van der Waals surface area contributed by atoms with Crippen molar-refractivity contribution in [3.05, 3.63) is 35.4 Å². The van der Waals surface area contributed by atoms with Gasteiger partial charge >= 0.3 is 0 Å². The molecule has 3 atom stereocenters. The van der Waals surface area contributed by atoms with Gasteiger partial charge in [0.1, 0.15) is 0 Å². The molecule has 2 aliphatic carbocycles. The Balaban J connectivity index is 1.26. The van der Waals surface area contributed by atoms with Crippen LogP contribution in [-0.2, 0) is 9.59 Å². The lowest BCUT2D eigenvalue weighted by atomic mass is 9.65. The van der Waals surface area contributed by atoms with Gasteiger partial charge in [-0.15, -0.1) is 0 Å². The minimum absolute atomic E-state index is 0.0628.